The predicted molar refractivity (Wildman–Crippen MR) is 118 cm³/mol. The topological polar surface area (TPSA) is 94.2 Å². The van der Waals surface area contributed by atoms with Gasteiger partial charge >= 0.3 is 6.03 Å². The van der Waals surface area contributed by atoms with Crippen molar-refractivity contribution >= 4 is 29.6 Å². The van der Waals surface area contributed by atoms with E-state index in [1.54, 1.807) is 12.1 Å². The van der Waals surface area contributed by atoms with Crippen molar-refractivity contribution in [1.29, 1.82) is 0 Å². The third-order valence-corrected chi connectivity index (χ3v) is 5.34. The number of nitrogens with one attached hydrogen (secondary N) is 1. The summed E-state index contributed by atoms with van der Waals surface area (Å²) in [7, 11) is 0. The Morgan fingerprint density at radius 1 is 1.12 bits per heavy atom. The molecule has 2 aromatic rings. The van der Waals surface area contributed by atoms with E-state index in [0.29, 0.717) is 23.7 Å². The summed E-state index contributed by atoms with van der Waals surface area (Å²) in [4.78, 5) is 39.2. The number of nitrogens with zero attached hydrogens (tertiary/aromatic N) is 1. The third-order valence-electron chi connectivity index (χ3n) is 5.34. The number of benzene rings is 2. The van der Waals surface area contributed by atoms with Gasteiger partial charge in [0, 0.05) is 6.07 Å². The zero-order valence-corrected chi connectivity index (χ0v) is 18.4. The first-order chi connectivity index (χ1) is 15.3. The minimum Gasteiger partial charge on any atom is -0.494 e. The van der Waals surface area contributed by atoms with E-state index in [1.165, 1.54) is 12.1 Å². The van der Waals surface area contributed by atoms with Gasteiger partial charge in [-0.1, -0.05) is 13.8 Å². The molecule has 0 spiro atoms. The number of fused-ring (bicyclic) bond motifs is 1. The molecule has 0 saturated carbocycles. The number of anilines is 1. The predicted octanol–water partition coefficient (Wildman–Crippen LogP) is 3.91. The van der Waals surface area contributed by atoms with Crippen molar-refractivity contribution in [2.24, 2.45) is 0 Å². The van der Waals surface area contributed by atoms with Crippen molar-refractivity contribution < 1.29 is 28.6 Å². The molecule has 2 aromatic carbocycles. The maximum atomic E-state index is 13.2. The van der Waals surface area contributed by atoms with E-state index < -0.39 is 17.8 Å². The van der Waals surface area contributed by atoms with Gasteiger partial charge in [0.15, 0.2) is 11.5 Å². The summed E-state index contributed by atoms with van der Waals surface area (Å²) >= 11 is 0. The van der Waals surface area contributed by atoms with E-state index >= 15 is 0 Å². The van der Waals surface area contributed by atoms with Crippen molar-refractivity contribution in [2.45, 2.75) is 33.6 Å². The molecule has 8 nitrogen and oxygen atoms in total. The van der Waals surface area contributed by atoms with E-state index in [1.807, 2.05) is 39.8 Å². The molecule has 166 valence electrons. The van der Waals surface area contributed by atoms with Crippen LogP contribution in [0.3, 0.4) is 0 Å². The molecule has 4 amide bonds. The van der Waals surface area contributed by atoms with Gasteiger partial charge in [-0.15, -0.1) is 0 Å². The van der Waals surface area contributed by atoms with Gasteiger partial charge in [-0.25, -0.2) is 9.69 Å². The van der Waals surface area contributed by atoms with Gasteiger partial charge in [-0.2, -0.15) is 0 Å². The summed E-state index contributed by atoms with van der Waals surface area (Å²) < 4.78 is 16.4. The Balaban J connectivity index is 1.74. The van der Waals surface area contributed by atoms with E-state index in [-0.39, 0.29) is 24.0 Å². The van der Waals surface area contributed by atoms with E-state index in [4.69, 9.17) is 14.2 Å². The Labute approximate surface area is 185 Å². The summed E-state index contributed by atoms with van der Waals surface area (Å²) in [6, 6.07) is 7.71. The summed E-state index contributed by atoms with van der Waals surface area (Å²) in [5, 5.41) is 2.25. The lowest BCUT2D eigenvalue weighted by Gasteiger charge is -2.26. The van der Waals surface area contributed by atoms with Crippen LogP contribution in [0.25, 0.3) is 6.08 Å². The number of imide groups is 2. The number of ether oxygens (including phenoxy) is 3. The number of hydrogen-bond acceptors (Lipinski definition) is 6. The number of barbiturate groups is 1. The van der Waals surface area contributed by atoms with Crippen LogP contribution in [0.15, 0.2) is 35.9 Å². The van der Waals surface area contributed by atoms with Crippen molar-refractivity contribution in [3.8, 4) is 17.2 Å². The molecule has 1 N–H and O–H groups in total. The average Bonchev–Trinajstić information content (AvgIpc) is 3.20. The minimum atomic E-state index is -0.817. The molecule has 0 bridgehead atoms. The number of urea groups is 1. The lowest BCUT2D eigenvalue weighted by molar-refractivity contribution is -0.122. The van der Waals surface area contributed by atoms with Crippen molar-refractivity contribution in [3.63, 3.8) is 0 Å². The van der Waals surface area contributed by atoms with Gasteiger partial charge in [0.25, 0.3) is 11.8 Å². The first-order valence-electron chi connectivity index (χ1n) is 10.4. The van der Waals surface area contributed by atoms with Gasteiger partial charge < -0.3 is 14.2 Å². The van der Waals surface area contributed by atoms with Crippen LogP contribution in [-0.2, 0) is 9.59 Å². The maximum absolute atomic E-state index is 13.2. The maximum Gasteiger partial charge on any atom is 0.335 e. The monoisotopic (exact) mass is 436 g/mol. The van der Waals surface area contributed by atoms with Gasteiger partial charge in [0.05, 0.1) is 12.3 Å². The van der Waals surface area contributed by atoms with Gasteiger partial charge in [0.2, 0.25) is 6.79 Å². The Hall–Kier alpha value is -3.81. The van der Waals surface area contributed by atoms with E-state index in [9.17, 15) is 14.4 Å². The number of hydrogen-bond donors (Lipinski definition) is 1. The summed E-state index contributed by atoms with van der Waals surface area (Å²) in [5.41, 5.74) is 2.66. The van der Waals surface area contributed by atoms with Crippen LogP contribution in [0.2, 0.25) is 0 Å². The molecule has 1 saturated heterocycles. The van der Waals surface area contributed by atoms with Crippen molar-refractivity contribution in [2.75, 3.05) is 18.3 Å². The first kappa shape index (κ1) is 21.4. The normalized spacial score (nSPS) is 16.7. The summed E-state index contributed by atoms with van der Waals surface area (Å²) in [5.74, 6) is 0.454. The van der Waals surface area contributed by atoms with E-state index in [0.717, 1.165) is 21.8 Å². The smallest absolute Gasteiger partial charge is 0.335 e. The molecule has 0 aromatic heterocycles. The Morgan fingerprint density at radius 2 is 1.88 bits per heavy atom. The van der Waals surface area contributed by atoms with Crippen LogP contribution >= 0.6 is 0 Å². The van der Waals surface area contributed by atoms with Gasteiger partial charge in [-0.3, -0.25) is 14.9 Å². The second-order valence-corrected chi connectivity index (χ2v) is 7.83. The fraction of sp³-hybridized carbons (Fsp3) is 0.292. The highest BCUT2D eigenvalue weighted by molar-refractivity contribution is 6.39. The number of amides is 4. The van der Waals surface area contributed by atoms with Gasteiger partial charge in [-0.05, 0) is 66.8 Å². The number of aryl methyl sites for hydroxylation is 1. The highest BCUT2D eigenvalue weighted by Gasteiger charge is 2.37. The highest BCUT2D eigenvalue weighted by atomic mass is 16.7. The zero-order valence-electron chi connectivity index (χ0n) is 18.4. The summed E-state index contributed by atoms with van der Waals surface area (Å²) in [6.07, 6.45) is 1.51. The fourth-order valence-electron chi connectivity index (χ4n) is 3.67. The average molecular weight is 436 g/mol. The number of carbonyl (C=O) groups excluding carboxylic acids is 3. The van der Waals surface area contributed by atoms with Crippen LogP contribution in [0.1, 0.15) is 43.4 Å². The molecule has 0 unspecified atom stereocenters. The quantitative estimate of drug-likeness (QED) is 0.564. The number of carbonyl (C=O) groups is 3. The molecular formula is C24H24N2O6. The lowest BCUT2D eigenvalue weighted by Crippen LogP contribution is -2.54. The standard InChI is InChI=1S/C24H24N2O6/c1-5-30-20-8-14(4)15(9-17(20)13(2)3)10-18-22(27)25-24(29)26(23(18)28)16-6-7-19-21(11-16)32-12-31-19/h6-11,13H,5,12H2,1-4H3,(H,25,27,29)/b18-10+. The summed E-state index contributed by atoms with van der Waals surface area (Å²) in [6.45, 7) is 8.49. The second kappa shape index (κ2) is 8.37. The third kappa shape index (κ3) is 3.79. The Morgan fingerprint density at radius 3 is 2.59 bits per heavy atom. The molecule has 2 heterocycles. The fourth-order valence-corrected chi connectivity index (χ4v) is 3.67. The minimum absolute atomic E-state index is 0.0672. The van der Waals surface area contributed by atoms with Crippen molar-refractivity contribution in [1.82, 2.24) is 5.32 Å². The molecule has 4 rings (SSSR count). The second-order valence-electron chi connectivity index (χ2n) is 7.83. The lowest BCUT2D eigenvalue weighted by atomic mass is 9.95. The molecule has 2 aliphatic heterocycles. The number of rotatable bonds is 5. The molecule has 0 radical (unpaired) electrons. The van der Waals surface area contributed by atoms with E-state index in [2.05, 4.69) is 5.32 Å². The van der Waals surface area contributed by atoms with Crippen LogP contribution < -0.4 is 24.4 Å². The molecule has 1 fully saturated rings. The van der Waals surface area contributed by atoms with Crippen LogP contribution in [0, 0.1) is 6.92 Å². The molecule has 2 aliphatic rings. The molecular weight excluding hydrogens is 412 g/mol. The first-order valence-corrected chi connectivity index (χ1v) is 10.4. The van der Waals surface area contributed by atoms with Crippen LogP contribution in [0.4, 0.5) is 10.5 Å². The van der Waals surface area contributed by atoms with Crippen LogP contribution in [0.5, 0.6) is 17.2 Å². The molecule has 8 heteroatoms. The van der Waals surface area contributed by atoms with Crippen LogP contribution in [-0.4, -0.2) is 31.2 Å². The molecule has 0 aliphatic carbocycles. The largest absolute Gasteiger partial charge is 0.494 e. The Bertz CT molecular complexity index is 1150. The highest BCUT2D eigenvalue weighted by Crippen LogP contribution is 2.37. The zero-order chi connectivity index (χ0) is 23.0. The SMILES string of the molecule is CCOc1cc(C)c(/C=C2\C(=O)NC(=O)N(c3ccc4c(c3)OCO4)C2=O)cc1C(C)C. The molecule has 0 atom stereocenters. The molecule has 32 heavy (non-hydrogen) atoms. The Kier molecular flexibility index (Phi) is 5.61. The van der Waals surface area contributed by atoms with Crippen molar-refractivity contribution in [3.05, 3.63) is 52.6 Å². The van der Waals surface area contributed by atoms with Gasteiger partial charge in [0.1, 0.15) is 11.3 Å².